The minimum atomic E-state index is -1.82. The molecule has 8 fully saturated rings. The van der Waals surface area contributed by atoms with Crippen molar-refractivity contribution in [2.75, 3.05) is 26.4 Å². The van der Waals surface area contributed by atoms with Crippen molar-refractivity contribution in [2.24, 2.45) is 44.8 Å². The Balaban J connectivity index is 1.04. The quantitative estimate of drug-likeness (QED) is 0.0611. The Morgan fingerprint density at radius 3 is 1.75 bits per heavy atom. The van der Waals surface area contributed by atoms with Gasteiger partial charge in [0.25, 0.3) is 0 Å². The highest BCUT2D eigenvalue weighted by molar-refractivity contribution is 5.24. The van der Waals surface area contributed by atoms with Crippen LogP contribution in [-0.4, -0.2) is 243 Å². The summed E-state index contributed by atoms with van der Waals surface area (Å²) in [4.78, 5) is 0. The topological polar surface area (TPSA) is 377 Å². The van der Waals surface area contributed by atoms with Crippen LogP contribution in [0.25, 0.3) is 0 Å². The van der Waals surface area contributed by atoms with Crippen LogP contribution in [0.15, 0.2) is 12.2 Å². The van der Waals surface area contributed by atoms with Gasteiger partial charge in [-0.15, -0.1) is 0 Å². The van der Waals surface area contributed by atoms with E-state index in [4.69, 9.17) is 37.9 Å². The Morgan fingerprint density at radius 1 is 0.558 bits per heavy atom. The lowest BCUT2D eigenvalue weighted by atomic mass is 9.34. The van der Waals surface area contributed by atoms with Crippen LogP contribution in [0.1, 0.15) is 114 Å². The molecule has 77 heavy (non-hydrogen) atoms. The number of aliphatic hydroxyl groups is 15. The van der Waals surface area contributed by atoms with E-state index in [-0.39, 0.29) is 35.7 Å². The molecule has 4 aliphatic carbocycles. The van der Waals surface area contributed by atoms with Crippen molar-refractivity contribution >= 4 is 0 Å². The predicted molar refractivity (Wildman–Crippen MR) is 266 cm³/mol. The summed E-state index contributed by atoms with van der Waals surface area (Å²) in [6, 6.07) is 0. The van der Waals surface area contributed by atoms with E-state index in [1.807, 2.05) is 6.92 Å². The van der Waals surface area contributed by atoms with Gasteiger partial charge in [0.1, 0.15) is 91.6 Å². The molecule has 0 spiro atoms. The summed E-state index contributed by atoms with van der Waals surface area (Å²) < 4.78 is 48.8. The van der Waals surface area contributed by atoms with Crippen LogP contribution < -0.4 is 0 Å². The van der Waals surface area contributed by atoms with Gasteiger partial charge >= 0.3 is 0 Å². The third-order valence-electron chi connectivity index (χ3n) is 21.1. The second-order valence-corrected chi connectivity index (χ2v) is 26.4. The van der Waals surface area contributed by atoms with Crippen LogP contribution in [0.2, 0.25) is 0 Å². The summed E-state index contributed by atoms with van der Waals surface area (Å²) in [6.45, 7) is 16.2. The fraction of sp³-hybridized carbons (Fsp3) is 0.963. The lowest BCUT2D eigenvalue weighted by molar-refractivity contribution is -0.378. The summed E-state index contributed by atoms with van der Waals surface area (Å²) in [5.41, 5.74) is -5.13. The molecule has 29 atom stereocenters. The highest BCUT2D eigenvalue weighted by Crippen LogP contribution is 2.78. The second kappa shape index (κ2) is 22.4. The first kappa shape index (κ1) is 61.9. The van der Waals surface area contributed by atoms with Gasteiger partial charge in [-0.1, -0.05) is 53.7 Å². The van der Waals surface area contributed by atoms with Crippen molar-refractivity contribution < 1.29 is 114 Å². The van der Waals surface area contributed by atoms with Crippen LogP contribution in [0, 0.1) is 44.8 Å². The van der Waals surface area contributed by atoms with E-state index in [1.165, 1.54) is 0 Å². The monoisotopic (exact) mass is 1110 g/mol. The molecule has 0 radical (unpaired) electrons. The van der Waals surface area contributed by atoms with Gasteiger partial charge in [-0.25, -0.2) is 0 Å². The third kappa shape index (κ3) is 10.7. The van der Waals surface area contributed by atoms with Gasteiger partial charge in [-0.3, -0.25) is 0 Å². The van der Waals surface area contributed by atoms with Crippen LogP contribution in [0.3, 0.4) is 0 Å². The maximum absolute atomic E-state index is 13.0. The summed E-state index contributed by atoms with van der Waals surface area (Å²) in [5, 5.41) is 163. The Kier molecular flexibility index (Phi) is 18.0. The molecule has 0 bridgehead atoms. The average Bonchev–Trinajstić information content (AvgIpc) is 3.98. The number of rotatable bonds is 15. The molecule has 4 heterocycles. The number of fused-ring (bicyclic) bond motifs is 5. The molecule has 4 saturated carbocycles. The molecular formula is C54H92O23. The maximum atomic E-state index is 13.0. The molecule has 446 valence electrons. The standard InChI is InChI=1S/C54H92O23/c1-48(2,69)13-10-14-54(9,77-46-41(68)37(64)35(62)28(74-46)23-71-44-39(66)32(59)25(58)22-70-44)53(8)18-17-52(7)43(53)24(57)19-30-50(5)15-12-31(49(3,4)29(50)11-16-51(30,52)6)75-47-42(38(65)34(61)27(21-56)73-47)76-45-40(67)36(63)33(60)26(20-55)72-45/h10,13,24-47,55-69H,11-12,14-23H2,1-9H3/b13-10+/t24-,25-,26-,27-,28-,29+,30-,31+,32+,33-,34-,35-,36+,37+,38+,39-,40-,41-,42-,43+,44+,45+,46+,47+,50+,51-,52-,53+,54+/m1/s1. The van der Waals surface area contributed by atoms with Gasteiger partial charge in [0.15, 0.2) is 25.2 Å². The van der Waals surface area contributed by atoms with Gasteiger partial charge in [0.2, 0.25) is 0 Å². The highest BCUT2D eigenvalue weighted by atomic mass is 16.8. The van der Waals surface area contributed by atoms with Crippen molar-refractivity contribution in [2.45, 2.75) is 254 Å². The molecule has 4 aliphatic heterocycles. The first-order valence-electron chi connectivity index (χ1n) is 27.7. The van der Waals surface area contributed by atoms with E-state index in [1.54, 1.807) is 26.0 Å². The van der Waals surface area contributed by atoms with Crippen LogP contribution >= 0.6 is 0 Å². The second-order valence-electron chi connectivity index (χ2n) is 26.4. The van der Waals surface area contributed by atoms with Crippen LogP contribution in [0.5, 0.6) is 0 Å². The molecule has 8 aliphatic rings. The number of hydrogen-bond acceptors (Lipinski definition) is 23. The van der Waals surface area contributed by atoms with E-state index < -0.39 is 182 Å². The lowest BCUT2D eigenvalue weighted by Gasteiger charge is -2.71. The lowest BCUT2D eigenvalue weighted by Crippen LogP contribution is -2.69. The van der Waals surface area contributed by atoms with Crippen LogP contribution in [0.4, 0.5) is 0 Å². The van der Waals surface area contributed by atoms with Gasteiger partial charge in [-0.2, -0.15) is 0 Å². The zero-order valence-electron chi connectivity index (χ0n) is 46.0. The molecule has 23 nitrogen and oxygen atoms in total. The Labute approximate surface area is 450 Å². The summed E-state index contributed by atoms with van der Waals surface area (Å²) >= 11 is 0. The Bertz CT molecular complexity index is 2030. The SMILES string of the molecule is CC(C)(O)/C=C/C[C@](C)(O[C@@H]1O[C@H](CO[C@@H]2OC[C@@H](O)[C@H](O)[C@H]2O)[C@@H](O)[C@H](O)[C@H]1O)[C@@]1(C)CC[C@]2(C)[C@@H]1[C@H](O)C[C@@H]1[C@@]3(C)CC[C@H](O[C@@H]4O[C@H](CO)[C@@H](O)[C@H](O)[C@H]4O[C@@H]4O[C@H](CO)[C@@H](O)[C@H](O)[C@H]4O)C(C)(C)[C@@H]3CC[C@]12C. The molecule has 0 unspecified atom stereocenters. The summed E-state index contributed by atoms with van der Waals surface area (Å²) in [7, 11) is 0. The largest absolute Gasteiger partial charge is 0.394 e. The smallest absolute Gasteiger partial charge is 0.187 e. The van der Waals surface area contributed by atoms with E-state index in [0.717, 1.165) is 12.8 Å². The van der Waals surface area contributed by atoms with Gasteiger partial charge < -0.3 is 114 Å². The minimum absolute atomic E-state index is 0.00398. The third-order valence-corrected chi connectivity index (χ3v) is 21.1. The Hall–Kier alpha value is -1.18. The average molecular weight is 1110 g/mol. The fourth-order valence-electron chi connectivity index (χ4n) is 16.3. The van der Waals surface area contributed by atoms with Gasteiger partial charge in [-0.05, 0) is 112 Å². The summed E-state index contributed by atoms with van der Waals surface area (Å²) in [5.74, 6) is -0.383. The first-order chi connectivity index (χ1) is 35.7. The maximum Gasteiger partial charge on any atom is 0.187 e. The van der Waals surface area contributed by atoms with Gasteiger partial charge in [0.05, 0.1) is 49.8 Å². The highest BCUT2D eigenvalue weighted by Gasteiger charge is 2.75. The van der Waals surface area contributed by atoms with E-state index in [0.29, 0.717) is 32.1 Å². The molecule has 8 rings (SSSR count). The molecule has 15 N–H and O–H groups in total. The number of hydrogen-bond donors (Lipinski definition) is 15. The molecule has 0 aromatic carbocycles. The van der Waals surface area contributed by atoms with Crippen molar-refractivity contribution in [3.8, 4) is 0 Å². The molecular weight excluding hydrogens is 1020 g/mol. The Morgan fingerprint density at radius 2 is 1.13 bits per heavy atom. The van der Waals surface area contributed by atoms with E-state index in [2.05, 4.69) is 41.5 Å². The van der Waals surface area contributed by atoms with Crippen molar-refractivity contribution in [3.05, 3.63) is 12.2 Å². The van der Waals surface area contributed by atoms with Crippen LogP contribution in [-0.2, 0) is 37.9 Å². The minimum Gasteiger partial charge on any atom is -0.394 e. The van der Waals surface area contributed by atoms with Gasteiger partial charge in [0, 0.05) is 5.41 Å². The van der Waals surface area contributed by atoms with E-state index >= 15 is 0 Å². The summed E-state index contributed by atoms with van der Waals surface area (Å²) in [6.07, 6.45) is -23.4. The van der Waals surface area contributed by atoms with E-state index in [9.17, 15) is 76.6 Å². The normalized spacial score (nSPS) is 53.1. The molecule has 0 amide bonds. The molecule has 4 saturated heterocycles. The molecule has 23 heteroatoms. The van der Waals surface area contributed by atoms with Crippen molar-refractivity contribution in [1.29, 1.82) is 0 Å². The number of ether oxygens (including phenoxy) is 8. The zero-order valence-corrected chi connectivity index (χ0v) is 46.0. The molecule has 0 aromatic heterocycles. The predicted octanol–water partition coefficient (Wildman–Crippen LogP) is -2.20. The number of aliphatic hydroxyl groups excluding tert-OH is 14. The molecule has 0 aromatic rings. The first-order valence-corrected chi connectivity index (χ1v) is 27.7. The zero-order chi connectivity index (χ0) is 56.9. The van der Waals surface area contributed by atoms with Crippen molar-refractivity contribution in [1.82, 2.24) is 0 Å². The van der Waals surface area contributed by atoms with Crippen molar-refractivity contribution in [3.63, 3.8) is 0 Å². The fourth-order valence-corrected chi connectivity index (χ4v) is 16.3.